The van der Waals surface area contributed by atoms with Crippen molar-refractivity contribution in [3.63, 3.8) is 0 Å². The fourth-order valence-corrected chi connectivity index (χ4v) is 3.39. The van der Waals surface area contributed by atoms with Gasteiger partial charge < -0.3 is 5.32 Å². The van der Waals surface area contributed by atoms with Crippen LogP contribution < -0.4 is 5.32 Å². The van der Waals surface area contributed by atoms with Crippen LogP contribution in [0.3, 0.4) is 0 Å². The Kier molecular flexibility index (Phi) is 4.70. The van der Waals surface area contributed by atoms with Crippen molar-refractivity contribution in [2.75, 3.05) is 0 Å². The first-order valence-corrected chi connectivity index (χ1v) is 7.86. The number of amides is 1. The lowest BCUT2D eigenvalue weighted by molar-refractivity contribution is 0.0826. The fourth-order valence-electron chi connectivity index (χ4n) is 3.39. The third kappa shape index (κ3) is 3.84. The van der Waals surface area contributed by atoms with E-state index >= 15 is 0 Å². The smallest absolute Gasteiger partial charge is 0.254 e. The highest BCUT2D eigenvalue weighted by molar-refractivity contribution is 5.94. The lowest BCUT2D eigenvalue weighted by Crippen LogP contribution is -2.46. The molecule has 0 spiro atoms. The maximum absolute atomic E-state index is 13.9. The second-order valence-corrected chi connectivity index (χ2v) is 7.32. The number of carbonyl (C=O) groups excluding carboxylic acids is 1. The van der Waals surface area contributed by atoms with Gasteiger partial charge in [-0.1, -0.05) is 39.7 Å². The summed E-state index contributed by atoms with van der Waals surface area (Å²) in [6.07, 6.45) is 4.47. The summed E-state index contributed by atoms with van der Waals surface area (Å²) in [5.41, 5.74) is 1.14. The van der Waals surface area contributed by atoms with Crippen molar-refractivity contribution in [3.05, 3.63) is 35.1 Å². The minimum Gasteiger partial charge on any atom is -0.349 e. The molecular formula is C18H26FNO. The zero-order valence-corrected chi connectivity index (χ0v) is 13.5. The van der Waals surface area contributed by atoms with E-state index in [1.165, 1.54) is 12.5 Å². The molecule has 0 heterocycles. The van der Waals surface area contributed by atoms with Crippen molar-refractivity contribution in [2.24, 2.45) is 11.3 Å². The maximum atomic E-state index is 13.9. The lowest BCUT2D eigenvalue weighted by atomic mass is 9.69. The third-order valence-corrected chi connectivity index (χ3v) is 4.56. The van der Waals surface area contributed by atoms with Crippen LogP contribution in [0.15, 0.2) is 18.2 Å². The first-order chi connectivity index (χ1) is 9.79. The standard InChI is InChI=1S/C18H26FNO/c1-12-9-10-13(15(19)11-12)17(21)20-16-8-6-5-7-14(16)18(2,3)4/h9-11,14,16H,5-8H2,1-4H3,(H,20,21). The minimum absolute atomic E-state index is 0.145. The van der Waals surface area contributed by atoms with Crippen molar-refractivity contribution < 1.29 is 9.18 Å². The molecular weight excluding hydrogens is 265 g/mol. The molecule has 1 amide bonds. The molecule has 1 fully saturated rings. The monoisotopic (exact) mass is 291 g/mol. The van der Waals surface area contributed by atoms with Gasteiger partial charge in [0.05, 0.1) is 5.56 Å². The molecule has 1 aliphatic carbocycles. The molecule has 116 valence electrons. The molecule has 2 nitrogen and oxygen atoms in total. The van der Waals surface area contributed by atoms with Gasteiger partial charge in [0.25, 0.3) is 5.91 Å². The molecule has 0 aliphatic heterocycles. The Morgan fingerprint density at radius 2 is 1.90 bits per heavy atom. The molecule has 2 atom stereocenters. The second-order valence-electron chi connectivity index (χ2n) is 7.32. The SMILES string of the molecule is Cc1ccc(C(=O)NC2CCCCC2C(C)(C)C)c(F)c1. The van der Waals surface area contributed by atoms with E-state index in [1.54, 1.807) is 12.1 Å². The Morgan fingerprint density at radius 3 is 2.52 bits per heavy atom. The summed E-state index contributed by atoms with van der Waals surface area (Å²) < 4.78 is 13.9. The van der Waals surface area contributed by atoms with Crippen molar-refractivity contribution >= 4 is 5.91 Å². The van der Waals surface area contributed by atoms with Crippen LogP contribution in [0.1, 0.15) is 62.4 Å². The van der Waals surface area contributed by atoms with Crippen LogP contribution >= 0.6 is 0 Å². The highest BCUT2D eigenvalue weighted by Gasteiger charge is 2.35. The van der Waals surface area contributed by atoms with Gasteiger partial charge in [-0.25, -0.2) is 4.39 Å². The van der Waals surface area contributed by atoms with Gasteiger partial charge in [-0.3, -0.25) is 4.79 Å². The topological polar surface area (TPSA) is 29.1 Å². The molecule has 0 saturated heterocycles. The zero-order valence-electron chi connectivity index (χ0n) is 13.5. The van der Waals surface area contributed by atoms with Crippen molar-refractivity contribution in [1.82, 2.24) is 5.32 Å². The molecule has 1 N–H and O–H groups in total. The van der Waals surface area contributed by atoms with Gasteiger partial charge in [0.1, 0.15) is 5.82 Å². The van der Waals surface area contributed by atoms with E-state index in [1.807, 2.05) is 6.92 Å². The van der Waals surface area contributed by atoms with Crippen LogP contribution in [0.5, 0.6) is 0 Å². The van der Waals surface area contributed by atoms with E-state index in [2.05, 4.69) is 26.1 Å². The predicted octanol–water partition coefficient (Wildman–Crippen LogP) is 4.47. The molecule has 3 heteroatoms. The molecule has 1 saturated carbocycles. The Morgan fingerprint density at radius 1 is 1.24 bits per heavy atom. The van der Waals surface area contributed by atoms with Crippen molar-refractivity contribution in [2.45, 2.75) is 59.4 Å². The molecule has 1 aromatic carbocycles. The van der Waals surface area contributed by atoms with Gasteiger partial charge in [0, 0.05) is 6.04 Å². The van der Waals surface area contributed by atoms with Gasteiger partial charge >= 0.3 is 0 Å². The van der Waals surface area contributed by atoms with Crippen LogP contribution in [-0.2, 0) is 0 Å². The first-order valence-electron chi connectivity index (χ1n) is 7.86. The zero-order chi connectivity index (χ0) is 15.6. The molecule has 21 heavy (non-hydrogen) atoms. The first kappa shape index (κ1) is 16.0. The second kappa shape index (κ2) is 6.17. The van der Waals surface area contributed by atoms with Crippen LogP contribution in [0.25, 0.3) is 0 Å². The number of hydrogen-bond donors (Lipinski definition) is 1. The van der Waals surface area contributed by atoms with Gasteiger partial charge in [0.15, 0.2) is 0 Å². The number of halogens is 1. The Balaban J connectivity index is 2.13. The van der Waals surface area contributed by atoms with E-state index in [9.17, 15) is 9.18 Å². The average molecular weight is 291 g/mol. The summed E-state index contributed by atoms with van der Waals surface area (Å²) in [4.78, 5) is 12.4. The number of carbonyl (C=O) groups is 1. The summed E-state index contributed by atoms with van der Waals surface area (Å²) >= 11 is 0. The van der Waals surface area contributed by atoms with E-state index < -0.39 is 5.82 Å². The maximum Gasteiger partial charge on any atom is 0.254 e. The largest absolute Gasteiger partial charge is 0.349 e. The molecule has 2 unspecified atom stereocenters. The normalized spacial score (nSPS) is 22.9. The van der Waals surface area contributed by atoms with Gasteiger partial charge in [-0.2, -0.15) is 0 Å². The summed E-state index contributed by atoms with van der Waals surface area (Å²) in [7, 11) is 0. The quantitative estimate of drug-likeness (QED) is 0.856. The number of nitrogens with one attached hydrogen (secondary N) is 1. The van der Waals surface area contributed by atoms with Gasteiger partial charge in [-0.15, -0.1) is 0 Å². The third-order valence-electron chi connectivity index (χ3n) is 4.56. The Hall–Kier alpha value is -1.38. The van der Waals surface area contributed by atoms with Crippen LogP contribution in [-0.4, -0.2) is 11.9 Å². The molecule has 1 aliphatic rings. The molecule has 0 bridgehead atoms. The van der Waals surface area contributed by atoms with Gasteiger partial charge in [0.2, 0.25) is 0 Å². The van der Waals surface area contributed by atoms with Crippen molar-refractivity contribution in [1.29, 1.82) is 0 Å². The molecule has 0 aromatic heterocycles. The summed E-state index contributed by atoms with van der Waals surface area (Å²) in [6.45, 7) is 8.47. The number of rotatable bonds is 2. The molecule has 1 aromatic rings. The summed E-state index contributed by atoms with van der Waals surface area (Å²) in [6, 6.07) is 4.92. The van der Waals surface area contributed by atoms with E-state index in [0.29, 0.717) is 5.92 Å². The van der Waals surface area contributed by atoms with Crippen molar-refractivity contribution in [3.8, 4) is 0 Å². The molecule has 0 radical (unpaired) electrons. The predicted molar refractivity (Wildman–Crippen MR) is 83.8 cm³/mol. The van der Waals surface area contributed by atoms with E-state index in [4.69, 9.17) is 0 Å². The number of hydrogen-bond acceptors (Lipinski definition) is 1. The highest BCUT2D eigenvalue weighted by Crippen LogP contribution is 2.38. The van der Waals surface area contributed by atoms with Crippen LogP contribution in [0.2, 0.25) is 0 Å². The highest BCUT2D eigenvalue weighted by atomic mass is 19.1. The van der Waals surface area contributed by atoms with Crippen LogP contribution in [0, 0.1) is 24.1 Å². The Labute approximate surface area is 127 Å². The number of aryl methyl sites for hydroxylation is 1. The summed E-state index contributed by atoms with van der Waals surface area (Å²) in [5, 5.41) is 3.07. The number of benzene rings is 1. The Bertz CT molecular complexity index is 518. The molecule has 2 rings (SSSR count). The lowest BCUT2D eigenvalue weighted by Gasteiger charge is -2.40. The van der Waals surface area contributed by atoms with E-state index in [0.717, 1.165) is 24.8 Å². The fraction of sp³-hybridized carbons (Fsp3) is 0.611. The summed E-state index contributed by atoms with van der Waals surface area (Å²) in [5.74, 6) is -0.270. The van der Waals surface area contributed by atoms with E-state index in [-0.39, 0.29) is 22.9 Å². The van der Waals surface area contributed by atoms with Gasteiger partial charge in [-0.05, 0) is 48.8 Å². The van der Waals surface area contributed by atoms with Crippen LogP contribution in [0.4, 0.5) is 4.39 Å². The minimum atomic E-state index is -0.435. The average Bonchev–Trinajstić information content (AvgIpc) is 2.37.